The lowest BCUT2D eigenvalue weighted by molar-refractivity contribution is -0.125. The van der Waals surface area contributed by atoms with Gasteiger partial charge in [-0.15, -0.1) is 0 Å². The maximum atomic E-state index is 12.4. The zero-order chi connectivity index (χ0) is 24.6. The maximum Gasteiger partial charge on any atom is 0.246 e. The van der Waals surface area contributed by atoms with Gasteiger partial charge < -0.3 is 14.4 Å². The average Bonchev–Trinajstić information content (AvgIpc) is 3.15. The second kappa shape index (κ2) is 11.8. The van der Waals surface area contributed by atoms with E-state index in [2.05, 4.69) is 29.5 Å². The van der Waals surface area contributed by atoms with Gasteiger partial charge in [0.2, 0.25) is 11.8 Å². The van der Waals surface area contributed by atoms with Crippen molar-refractivity contribution in [1.82, 2.24) is 15.4 Å². The Balaban J connectivity index is 1.36. The zero-order valence-corrected chi connectivity index (χ0v) is 20.5. The average molecular weight is 494 g/mol. The molecule has 1 aromatic heterocycles. The highest BCUT2D eigenvalue weighted by Crippen LogP contribution is 2.34. The molecule has 0 aliphatic carbocycles. The molecule has 3 aromatic rings. The molecule has 0 saturated carbocycles. The number of carbonyl (C=O) groups is 1. The molecule has 0 bridgehead atoms. The van der Waals surface area contributed by atoms with Crippen LogP contribution in [0.25, 0.3) is 6.08 Å². The van der Waals surface area contributed by atoms with E-state index in [9.17, 15) is 4.79 Å². The molecule has 35 heavy (non-hydrogen) atoms. The van der Waals surface area contributed by atoms with Crippen LogP contribution >= 0.6 is 11.6 Å². The van der Waals surface area contributed by atoms with E-state index >= 15 is 0 Å². The Hall–Kier alpha value is -3.39. The van der Waals surface area contributed by atoms with Crippen LogP contribution in [-0.2, 0) is 16.2 Å². The number of hydrogen-bond acceptors (Lipinski definition) is 6. The number of carbonyl (C=O) groups excluding carboxylic acids is 1. The number of rotatable bonds is 7. The molecule has 1 N–H and O–H groups in total. The van der Waals surface area contributed by atoms with Gasteiger partial charge in [0.1, 0.15) is 12.4 Å². The van der Waals surface area contributed by atoms with E-state index in [1.807, 2.05) is 31.2 Å². The molecule has 182 valence electrons. The van der Waals surface area contributed by atoms with Gasteiger partial charge in [-0.05, 0) is 54.8 Å². The normalized spacial score (nSPS) is 14.1. The largest absolute Gasteiger partial charge is 0.487 e. The minimum atomic E-state index is -0.0692. The van der Waals surface area contributed by atoms with Crippen molar-refractivity contribution in [3.8, 4) is 17.4 Å². The number of aryl methyl sites for hydroxylation is 2. The summed E-state index contributed by atoms with van der Waals surface area (Å²) in [6, 6.07) is 15.4. The quantitative estimate of drug-likeness (QED) is 0.462. The number of halogens is 1. The van der Waals surface area contributed by atoms with Gasteiger partial charge in [0.15, 0.2) is 5.75 Å². The fourth-order valence-electron chi connectivity index (χ4n) is 3.54. The smallest absolute Gasteiger partial charge is 0.246 e. The molecule has 1 fully saturated rings. The van der Waals surface area contributed by atoms with Crippen molar-refractivity contribution < 1.29 is 19.1 Å². The van der Waals surface area contributed by atoms with Crippen LogP contribution in [0.4, 0.5) is 0 Å². The van der Waals surface area contributed by atoms with Gasteiger partial charge in [0.05, 0.1) is 17.8 Å². The highest BCUT2D eigenvalue weighted by Gasteiger charge is 2.14. The summed E-state index contributed by atoms with van der Waals surface area (Å²) in [7, 11) is 0. The molecule has 8 heteroatoms. The monoisotopic (exact) mass is 493 g/mol. The first kappa shape index (κ1) is 24.7. The van der Waals surface area contributed by atoms with E-state index in [-0.39, 0.29) is 5.91 Å². The summed E-state index contributed by atoms with van der Waals surface area (Å²) in [5, 5.41) is 0.436. The summed E-state index contributed by atoms with van der Waals surface area (Å²) >= 11 is 6.50. The summed E-state index contributed by atoms with van der Waals surface area (Å²) in [4.78, 5) is 23.7. The van der Waals surface area contributed by atoms with Gasteiger partial charge in [-0.2, -0.15) is 0 Å². The second-order valence-corrected chi connectivity index (χ2v) is 8.67. The molecule has 1 amide bonds. The van der Waals surface area contributed by atoms with Gasteiger partial charge >= 0.3 is 0 Å². The molecule has 1 aliphatic rings. The Morgan fingerprint density at radius 3 is 2.74 bits per heavy atom. The standard InChI is InChI=1S/C27H28ClN3O4/c1-19-3-5-21(6-4-19)18-33-23-8-9-25(29-17-23)35-27-20(2)15-22(16-24(27)28)7-10-26(32)31-12-11-30-34-14-13-31/h3-10,15-17,30H,11-14,18H2,1-2H3/b10-7+. The van der Waals surface area contributed by atoms with Gasteiger partial charge in [0, 0.05) is 31.8 Å². The molecule has 2 aromatic carbocycles. The Labute approximate surface area is 210 Å². The van der Waals surface area contributed by atoms with E-state index < -0.39 is 0 Å². The molecule has 0 atom stereocenters. The highest BCUT2D eigenvalue weighted by atomic mass is 35.5. The van der Waals surface area contributed by atoms with E-state index in [0.29, 0.717) is 55.2 Å². The van der Waals surface area contributed by atoms with Crippen LogP contribution < -0.4 is 15.0 Å². The van der Waals surface area contributed by atoms with Crippen LogP contribution in [0.3, 0.4) is 0 Å². The first-order valence-corrected chi connectivity index (χ1v) is 11.8. The van der Waals surface area contributed by atoms with E-state index in [0.717, 1.165) is 16.7 Å². The van der Waals surface area contributed by atoms with Crippen molar-refractivity contribution in [2.45, 2.75) is 20.5 Å². The van der Waals surface area contributed by atoms with E-state index in [4.69, 9.17) is 25.9 Å². The third kappa shape index (κ3) is 7.05. The first-order valence-electron chi connectivity index (χ1n) is 11.4. The van der Waals surface area contributed by atoms with Crippen molar-refractivity contribution in [2.75, 3.05) is 26.2 Å². The number of nitrogens with one attached hydrogen (secondary N) is 1. The van der Waals surface area contributed by atoms with Crippen molar-refractivity contribution >= 4 is 23.6 Å². The van der Waals surface area contributed by atoms with Crippen LogP contribution in [0.5, 0.6) is 17.4 Å². The fraction of sp³-hybridized carbons (Fsp3) is 0.259. The summed E-state index contributed by atoms with van der Waals surface area (Å²) < 4.78 is 11.7. The van der Waals surface area contributed by atoms with Crippen molar-refractivity contribution in [2.24, 2.45) is 0 Å². The molecule has 4 rings (SSSR count). The third-order valence-electron chi connectivity index (χ3n) is 5.47. The summed E-state index contributed by atoms with van der Waals surface area (Å²) in [6.07, 6.45) is 4.93. The van der Waals surface area contributed by atoms with Gasteiger partial charge in [-0.1, -0.05) is 41.4 Å². The summed E-state index contributed by atoms with van der Waals surface area (Å²) in [6.45, 7) is 6.63. The van der Waals surface area contributed by atoms with Crippen LogP contribution in [0.2, 0.25) is 5.02 Å². The van der Waals surface area contributed by atoms with Crippen molar-refractivity contribution in [3.05, 3.63) is 88.1 Å². The number of benzene rings is 2. The number of ether oxygens (including phenoxy) is 2. The van der Waals surface area contributed by atoms with Crippen LogP contribution in [-0.4, -0.2) is 42.0 Å². The summed E-state index contributed by atoms with van der Waals surface area (Å²) in [5.74, 6) is 1.51. The van der Waals surface area contributed by atoms with Crippen molar-refractivity contribution in [3.63, 3.8) is 0 Å². The number of hydroxylamine groups is 1. The maximum absolute atomic E-state index is 12.4. The molecule has 0 unspecified atom stereocenters. The Morgan fingerprint density at radius 2 is 2.00 bits per heavy atom. The number of aromatic nitrogens is 1. The molecule has 0 radical (unpaired) electrons. The lowest BCUT2D eigenvalue weighted by Gasteiger charge is -2.16. The number of hydrogen-bond donors (Lipinski definition) is 1. The highest BCUT2D eigenvalue weighted by molar-refractivity contribution is 6.32. The van der Waals surface area contributed by atoms with Gasteiger partial charge in [-0.25, -0.2) is 10.5 Å². The van der Waals surface area contributed by atoms with Crippen molar-refractivity contribution in [1.29, 1.82) is 0 Å². The summed E-state index contributed by atoms with van der Waals surface area (Å²) in [5.41, 5.74) is 6.75. The fourth-order valence-corrected chi connectivity index (χ4v) is 3.85. The minimum Gasteiger partial charge on any atom is -0.487 e. The third-order valence-corrected chi connectivity index (χ3v) is 5.75. The van der Waals surface area contributed by atoms with Crippen LogP contribution in [0.1, 0.15) is 22.3 Å². The van der Waals surface area contributed by atoms with Gasteiger partial charge in [-0.3, -0.25) is 9.63 Å². The Morgan fingerprint density at radius 1 is 1.17 bits per heavy atom. The number of nitrogens with zero attached hydrogens (tertiary/aromatic N) is 2. The molecule has 2 heterocycles. The topological polar surface area (TPSA) is 72.9 Å². The predicted molar refractivity (Wildman–Crippen MR) is 136 cm³/mol. The minimum absolute atomic E-state index is 0.0692. The number of amides is 1. The van der Waals surface area contributed by atoms with Crippen LogP contribution in [0.15, 0.2) is 60.8 Å². The second-order valence-electron chi connectivity index (χ2n) is 8.26. The van der Waals surface area contributed by atoms with E-state index in [1.165, 1.54) is 5.56 Å². The lowest BCUT2D eigenvalue weighted by atomic mass is 10.1. The first-order chi connectivity index (χ1) is 17.0. The van der Waals surface area contributed by atoms with Gasteiger partial charge in [0.25, 0.3) is 0 Å². The molecule has 1 aliphatic heterocycles. The molecular formula is C27H28ClN3O4. The zero-order valence-electron chi connectivity index (χ0n) is 19.8. The Bertz CT molecular complexity index is 1150. The molecule has 1 saturated heterocycles. The lowest BCUT2D eigenvalue weighted by Crippen LogP contribution is -2.33. The molecule has 7 nitrogen and oxygen atoms in total. The molecule has 0 spiro atoms. The Kier molecular flexibility index (Phi) is 8.36. The number of pyridine rings is 1. The predicted octanol–water partition coefficient (Wildman–Crippen LogP) is 5.10. The molecular weight excluding hydrogens is 466 g/mol. The van der Waals surface area contributed by atoms with Crippen LogP contribution in [0, 0.1) is 13.8 Å². The van der Waals surface area contributed by atoms with E-state index in [1.54, 1.807) is 35.4 Å². The SMILES string of the molecule is Cc1ccc(COc2ccc(Oc3c(C)cc(/C=C/C(=O)N4CCNOCC4)cc3Cl)nc2)cc1.